The molecule has 1 heterocycles. The van der Waals surface area contributed by atoms with Crippen LogP contribution < -0.4 is 5.32 Å². The average molecular weight is 294 g/mol. The van der Waals surface area contributed by atoms with Crippen LogP contribution in [0.15, 0.2) is 28.9 Å². The molecule has 0 fully saturated rings. The summed E-state index contributed by atoms with van der Waals surface area (Å²) in [5.74, 6) is 0.709. The number of para-hydroxylation sites is 1. The van der Waals surface area contributed by atoms with E-state index in [-0.39, 0.29) is 0 Å². The van der Waals surface area contributed by atoms with E-state index >= 15 is 0 Å². The molecule has 90 valence electrons. The summed E-state index contributed by atoms with van der Waals surface area (Å²) in [6.07, 6.45) is 5.49. The molecule has 4 heteroatoms. The Morgan fingerprint density at radius 1 is 1.29 bits per heavy atom. The number of hydrogen-bond acceptors (Lipinski definition) is 3. The van der Waals surface area contributed by atoms with Gasteiger partial charge >= 0.3 is 0 Å². The highest BCUT2D eigenvalue weighted by atomic mass is 79.9. The fraction of sp³-hybridized carbons (Fsp3) is 0.385. The molecular formula is C13H16BrN3. The Labute approximate surface area is 110 Å². The van der Waals surface area contributed by atoms with Crippen molar-refractivity contribution in [2.45, 2.75) is 26.2 Å². The molecule has 0 atom stereocenters. The van der Waals surface area contributed by atoms with Crippen LogP contribution in [0.5, 0.6) is 0 Å². The number of hydrogen-bond donors (Lipinski definition) is 1. The van der Waals surface area contributed by atoms with Gasteiger partial charge in [-0.25, -0.2) is 9.97 Å². The number of nitrogens with zero attached hydrogens (tertiary/aromatic N) is 2. The predicted molar refractivity (Wildman–Crippen MR) is 75.3 cm³/mol. The van der Waals surface area contributed by atoms with Crippen LogP contribution in [0.25, 0.3) is 10.9 Å². The summed E-state index contributed by atoms with van der Waals surface area (Å²) < 4.78 is 1.01. The quantitative estimate of drug-likeness (QED) is 0.847. The van der Waals surface area contributed by atoms with Gasteiger partial charge in [-0.1, -0.05) is 31.9 Å². The van der Waals surface area contributed by atoms with Crippen molar-refractivity contribution in [3.05, 3.63) is 28.9 Å². The lowest BCUT2D eigenvalue weighted by Gasteiger charge is -2.05. The number of halogens is 1. The minimum Gasteiger partial charge on any atom is -0.354 e. The van der Waals surface area contributed by atoms with Crippen LogP contribution >= 0.6 is 15.9 Å². The monoisotopic (exact) mass is 293 g/mol. The largest absolute Gasteiger partial charge is 0.354 e. The molecule has 0 aliphatic rings. The molecule has 0 aliphatic heterocycles. The summed E-state index contributed by atoms with van der Waals surface area (Å²) in [5, 5.41) is 4.31. The molecule has 1 aromatic carbocycles. The Morgan fingerprint density at radius 2 is 2.18 bits per heavy atom. The van der Waals surface area contributed by atoms with Gasteiger partial charge in [-0.2, -0.15) is 0 Å². The van der Waals surface area contributed by atoms with E-state index in [1.807, 2.05) is 24.4 Å². The SMILES string of the molecule is CCCCCNc1ncc2cccc(Br)c2n1. The fourth-order valence-electron chi connectivity index (χ4n) is 1.68. The Balaban J connectivity index is 2.11. The molecule has 1 N–H and O–H groups in total. The number of unbranched alkanes of at least 4 members (excludes halogenated alkanes) is 2. The zero-order valence-electron chi connectivity index (χ0n) is 9.91. The van der Waals surface area contributed by atoms with Crippen molar-refractivity contribution in [2.75, 3.05) is 11.9 Å². The van der Waals surface area contributed by atoms with Gasteiger partial charge in [0.05, 0.1) is 5.52 Å². The summed E-state index contributed by atoms with van der Waals surface area (Å²) in [6, 6.07) is 6.00. The van der Waals surface area contributed by atoms with Crippen LogP contribution in [0, 0.1) is 0 Å². The smallest absolute Gasteiger partial charge is 0.223 e. The topological polar surface area (TPSA) is 37.8 Å². The van der Waals surface area contributed by atoms with Crippen molar-refractivity contribution in [3.63, 3.8) is 0 Å². The van der Waals surface area contributed by atoms with Crippen LogP contribution in [0.2, 0.25) is 0 Å². The average Bonchev–Trinajstić information content (AvgIpc) is 2.36. The third-order valence-electron chi connectivity index (χ3n) is 2.63. The lowest BCUT2D eigenvalue weighted by atomic mass is 10.2. The van der Waals surface area contributed by atoms with E-state index in [2.05, 4.69) is 38.1 Å². The minimum atomic E-state index is 0.709. The first kappa shape index (κ1) is 12.3. The summed E-state index contributed by atoms with van der Waals surface area (Å²) >= 11 is 3.51. The second kappa shape index (κ2) is 5.96. The first-order valence-corrected chi connectivity index (χ1v) is 6.75. The van der Waals surface area contributed by atoms with Gasteiger partial charge in [0.25, 0.3) is 0 Å². The maximum atomic E-state index is 4.50. The molecule has 0 amide bonds. The van der Waals surface area contributed by atoms with E-state index in [0.29, 0.717) is 5.95 Å². The van der Waals surface area contributed by atoms with Gasteiger partial charge in [0.1, 0.15) is 0 Å². The highest BCUT2D eigenvalue weighted by molar-refractivity contribution is 9.10. The second-order valence-corrected chi connectivity index (χ2v) is 4.86. The van der Waals surface area contributed by atoms with Crippen LogP contribution in [-0.2, 0) is 0 Å². The number of rotatable bonds is 5. The highest BCUT2D eigenvalue weighted by Gasteiger charge is 2.02. The summed E-state index contributed by atoms with van der Waals surface area (Å²) in [7, 11) is 0. The molecular weight excluding hydrogens is 278 g/mol. The number of anilines is 1. The first-order chi connectivity index (χ1) is 8.31. The molecule has 2 aromatic rings. The summed E-state index contributed by atoms with van der Waals surface area (Å²) in [4.78, 5) is 8.81. The van der Waals surface area contributed by atoms with Crippen LogP contribution in [0.3, 0.4) is 0 Å². The third kappa shape index (κ3) is 3.16. The van der Waals surface area contributed by atoms with Gasteiger partial charge in [-0.15, -0.1) is 0 Å². The van der Waals surface area contributed by atoms with Crippen LogP contribution in [0.1, 0.15) is 26.2 Å². The molecule has 3 nitrogen and oxygen atoms in total. The lowest BCUT2D eigenvalue weighted by molar-refractivity contribution is 0.741. The van der Waals surface area contributed by atoms with Gasteiger partial charge in [-0.3, -0.25) is 0 Å². The molecule has 0 unspecified atom stereocenters. The second-order valence-electron chi connectivity index (χ2n) is 4.01. The minimum absolute atomic E-state index is 0.709. The van der Waals surface area contributed by atoms with Gasteiger partial charge in [-0.05, 0) is 28.4 Å². The molecule has 0 radical (unpaired) electrons. The molecule has 0 saturated heterocycles. The van der Waals surface area contributed by atoms with E-state index < -0.39 is 0 Å². The first-order valence-electron chi connectivity index (χ1n) is 5.96. The standard InChI is InChI=1S/C13H16BrN3/c1-2-3-4-8-15-13-16-9-10-6-5-7-11(14)12(10)17-13/h5-7,9H,2-4,8H2,1H3,(H,15,16,17). The predicted octanol–water partition coefficient (Wildman–Crippen LogP) is 3.99. The molecule has 0 saturated carbocycles. The van der Waals surface area contributed by atoms with E-state index in [0.717, 1.165) is 28.3 Å². The van der Waals surface area contributed by atoms with Crippen molar-refractivity contribution < 1.29 is 0 Å². The third-order valence-corrected chi connectivity index (χ3v) is 3.26. The molecule has 2 rings (SSSR count). The molecule has 0 aliphatic carbocycles. The van der Waals surface area contributed by atoms with Crippen molar-refractivity contribution in [1.29, 1.82) is 0 Å². The number of aromatic nitrogens is 2. The van der Waals surface area contributed by atoms with Gasteiger partial charge in [0.15, 0.2) is 0 Å². The zero-order chi connectivity index (χ0) is 12.1. The molecule has 1 aromatic heterocycles. The Kier molecular flexibility index (Phi) is 4.31. The number of benzene rings is 1. The molecule has 17 heavy (non-hydrogen) atoms. The van der Waals surface area contributed by atoms with Crippen molar-refractivity contribution in [1.82, 2.24) is 9.97 Å². The number of nitrogens with one attached hydrogen (secondary N) is 1. The van der Waals surface area contributed by atoms with Crippen molar-refractivity contribution in [2.24, 2.45) is 0 Å². The van der Waals surface area contributed by atoms with Gasteiger partial charge in [0.2, 0.25) is 5.95 Å². The van der Waals surface area contributed by atoms with Crippen molar-refractivity contribution >= 4 is 32.8 Å². The highest BCUT2D eigenvalue weighted by Crippen LogP contribution is 2.21. The van der Waals surface area contributed by atoms with Crippen LogP contribution in [0.4, 0.5) is 5.95 Å². The summed E-state index contributed by atoms with van der Waals surface area (Å²) in [5.41, 5.74) is 0.959. The van der Waals surface area contributed by atoms with Crippen molar-refractivity contribution in [3.8, 4) is 0 Å². The Hall–Kier alpha value is -1.16. The fourth-order valence-corrected chi connectivity index (χ4v) is 2.15. The number of fused-ring (bicyclic) bond motifs is 1. The Morgan fingerprint density at radius 3 is 3.00 bits per heavy atom. The van der Waals surface area contributed by atoms with E-state index in [1.54, 1.807) is 0 Å². The molecule has 0 spiro atoms. The van der Waals surface area contributed by atoms with Crippen LogP contribution in [-0.4, -0.2) is 16.5 Å². The maximum Gasteiger partial charge on any atom is 0.223 e. The normalized spacial score (nSPS) is 10.7. The summed E-state index contributed by atoms with van der Waals surface area (Å²) in [6.45, 7) is 3.13. The molecule has 0 bridgehead atoms. The Bertz CT molecular complexity index is 499. The van der Waals surface area contributed by atoms with E-state index in [9.17, 15) is 0 Å². The van der Waals surface area contributed by atoms with E-state index in [4.69, 9.17) is 0 Å². The maximum absolute atomic E-state index is 4.50. The lowest BCUT2D eigenvalue weighted by Crippen LogP contribution is -2.05. The van der Waals surface area contributed by atoms with Gasteiger partial charge in [0, 0.05) is 22.6 Å². The zero-order valence-corrected chi connectivity index (χ0v) is 11.5. The van der Waals surface area contributed by atoms with E-state index in [1.165, 1.54) is 12.8 Å². The van der Waals surface area contributed by atoms with Gasteiger partial charge < -0.3 is 5.32 Å².